The molecule has 0 aromatic heterocycles. The first-order valence-corrected chi connectivity index (χ1v) is 6.64. The van der Waals surface area contributed by atoms with Crippen LogP contribution in [0.5, 0.6) is 5.75 Å². The quantitative estimate of drug-likeness (QED) is 0.738. The summed E-state index contributed by atoms with van der Waals surface area (Å²) in [4.78, 5) is 11.3. The first-order chi connectivity index (χ1) is 9.58. The molecule has 1 aromatic carbocycles. The van der Waals surface area contributed by atoms with Crippen molar-refractivity contribution >= 4 is 5.91 Å². The fourth-order valence-electron chi connectivity index (χ4n) is 1.66. The molecule has 0 radical (unpaired) electrons. The van der Waals surface area contributed by atoms with Gasteiger partial charge in [-0.05, 0) is 17.7 Å². The molecule has 0 spiro atoms. The number of nitrogens with one attached hydrogen (secondary N) is 2. The lowest BCUT2D eigenvalue weighted by Gasteiger charge is -2.09. The molecule has 0 saturated heterocycles. The Balaban J connectivity index is 2.36. The van der Waals surface area contributed by atoms with Gasteiger partial charge in [-0.3, -0.25) is 4.79 Å². The van der Waals surface area contributed by atoms with Crippen LogP contribution in [0.4, 0.5) is 0 Å². The predicted molar refractivity (Wildman–Crippen MR) is 77.3 cm³/mol. The molecule has 0 saturated carbocycles. The second kappa shape index (κ2) is 8.18. The molecule has 0 bridgehead atoms. The maximum absolute atomic E-state index is 11.3. The predicted octanol–water partition coefficient (Wildman–Crippen LogP) is 1.43. The van der Waals surface area contributed by atoms with Crippen LogP contribution in [0.2, 0.25) is 0 Å². The molecule has 108 valence electrons. The summed E-state index contributed by atoms with van der Waals surface area (Å²) in [5.41, 5.74) is 1.54. The average Bonchev–Trinajstić information content (AvgIpc) is 2.46. The number of nitriles is 1. The van der Waals surface area contributed by atoms with Crippen molar-refractivity contribution in [2.24, 2.45) is 5.92 Å². The Morgan fingerprint density at radius 1 is 1.40 bits per heavy atom. The van der Waals surface area contributed by atoms with Crippen LogP contribution in [0.1, 0.15) is 25.0 Å². The van der Waals surface area contributed by atoms with Crippen molar-refractivity contribution in [2.75, 3.05) is 20.2 Å². The van der Waals surface area contributed by atoms with E-state index >= 15 is 0 Å². The number of rotatable bonds is 7. The SMILES string of the molecule is COc1ccc(CNCCNC(=O)C(C)C)cc1C#N. The lowest BCUT2D eigenvalue weighted by atomic mass is 10.1. The number of ether oxygens (including phenoxy) is 1. The third kappa shape index (κ3) is 4.90. The molecule has 1 amide bonds. The first-order valence-electron chi connectivity index (χ1n) is 6.64. The molecule has 0 aliphatic carbocycles. The number of hydrogen-bond donors (Lipinski definition) is 2. The van der Waals surface area contributed by atoms with E-state index in [-0.39, 0.29) is 11.8 Å². The number of benzene rings is 1. The maximum Gasteiger partial charge on any atom is 0.222 e. The largest absolute Gasteiger partial charge is 0.495 e. The van der Waals surface area contributed by atoms with Gasteiger partial charge in [0.2, 0.25) is 5.91 Å². The van der Waals surface area contributed by atoms with Gasteiger partial charge < -0.3 is 15.4 Å². The number of carbonyl (C=O) groups excluding carboxylic acids is 1. The van der Waals surface area contributed by atoms with Gasteiger partial charge in [-0.15, -0.1) is 0 Å². The summed E-state index contributed by atoms with van der Waals surface area (Å²) in [6.45, 7) is 5.66. The Labute approximate surface area is 119 Å². The average molecular weight is 275 g/mol. The second-order valence-electron chi connectivity index (χ2n) is 4.77. The summed E-state index contributed by atoms with van der Waals surface area (Å²) >= 11 is 0. The fourth-order valence-corrected chi connectivity index (χ4v) is 1.66. The molecule has 20 heavy (non-hydrogen) atoms. The lowest BCUT2D eigenvalue weighted by molar-refractivity contribution is -0.123. The maximum atomic E-state index is 11.3. The van der Waals surface area contributed by atoms with E-state index in [4.69, 9.17) is 10.00 Å². The minimum Gasteiger partial charge on any atom is -0.495 e. The summed E-state index contributed by atoms with van der Waals surface area (Å²) in [6.07, 6.45) is 0. The smallest absolute Gasteiger partial charge is 0.222 e. The Hall–Kier alpha value is -2.06. The zero-order valence-corrected chi connectivity index (χ0v) is 12.2. The summed E-state index contributed by atoms with van der Waals surface area (Å²) < 4.78 is 5.09. The monoisotopic (exact) mass is 275 g/mol. The highest BCUT2D eigenvalue weighted by Gasteiger charge is 2.05. The van der Waals surface area contributed by atoms with Crippen LogP contribution in [0.15, 0.2) is 18.2 Å². The van der Waals surface area contributed by atoms with Crippen molar-refractivity contribution in [2.45, 2.75) is 20.4 Å². The minimum atomic E-state index is 0.00905. The van der Waals surface area contributed by atoms with Crippen LogP contribution < -0.4 is 15.4 Å². The van der Waals surface area contributed by atoms with Gasteiger partial charge >= 0.3 is 0 Å². The van der Waals surface area contributed by atoms with E-state index in [0.29, 0.717) is 30.9 Å². The Kier molecular flexibility index (Phi) is 6.54. The van der Waals surface area contributed by atoms with Gasteiger partial charge in [0.05, 0.1) is 12.7 Å². The van der Waals surface area contributed by atoms with E-state index in [1.807, 2.05) is 19.9 Å². The zero-order chi connectivity index (χ0) is 15.0. The van der Waals surface area contributed by atoms with Crippen LogP contribution in [-0.2, 0) is 11.3 Å². The summed E-state index contributed by atoms with van der Waals surface area (Å²) in [6, 6.07) is 7.61. The molecular formula is C15H21N3O2. The summed E-state index contributed by atoms with van der Waals surface area (Å²) in [7, 11) is 1.55. The van der Waals surface area contributed by atoms with Gasteiger partial charge in [-0.25, -0.2) is 0 Å². The highest BCUT2D eigenvalue weighted by Crippen LogP contribution is 2.18. The van der Waals surface area contributed by atoms with Crippen molar-refractivity contribution < 1.29 is 9.53 Å². The Bertz CT molecular complexity index is 492. The minimum absolute atomic E-state index is 0.00905. The third-order valence-corrected chi connectivity index (χ3v) is 2.84. The van der Waals surface area contributed by atoms with Gasteiger partial charge in [0, 0.05) is 25.6 Å². The summed E-state index contributed by atoms with van der Waals surface area (Å²) in [5, 5.41) is 15.1. The molecular weight excluding hydrogens is 254 g/mol. The molecule has 2 N–H and O–H groups in total. The zero-order valence-electron chi connectivity index (χ0n) is 12.2. The number of carbonyl (C=O) groups is 1. The van der Waals surface area contributed by atoms with Crippen molar-refractivity contribution in [3.63, 3.8) is 0 Å². The van der Waals surface area contributed by atoms with Crippen LogP contribution in [0, 0.1) is 17.2 Å². The van der Waals surface area contributed by atoms with Crippen molar-refractivity contribution in [1.29, 1.82) is 5.26 Å². The van der Waals surface area contributed by atoms with Crippen LogP contribution in [0.25, 0.3) is 0 Å². The van der Waals surface area contributed by atoms with E-state index < -0.39 is 0 Å². The van der Waals surface area contributed by atoms with Gasteiger partial charge in [-0.1, -0.05) is 19.9 Å². The number of methoxy groups -OCH3 is 1. The van der Waals surface area contributed by atoms with E-state index in [1.165, 1.54) is 0 Å². The van der Waals surface area contributed by atoms with Crippen LogP contribution >= 0.6 is 0 Å². The van der Waals surface area contributed by atoms with Crippen molar-refractivity contribution in [3.8, 4) is 11.8 Å². The van der Waals surface area contributed by atoms with E-state index in [0.717, 1.165) is 5.56 Å². The van der Waals surface area contributed by atoms with Gasteiger partial charge in [0.1, 0.15) is 11.8 Å². The first kappa shape index (κ1) is 16.0. The highest BCUT2D eigenvalue weighted by atomic mass is 16.5. The topological polar surface area (TPSA) is 74.2 Å². The molecule has 0 aliphatic rings. The number of nitrogens with zero attached hydrogens (tertiary/aromatic N) is 1. The Morgan fingerprint density at radius 2 is 2.15 bits per heavy atom. The molecule has 0 unspecified atom stereocenters. The molecule has 0 heterocycles. The van der Waals surface area contributed by atoms with Gasteiger partial charge in [0.15, 0.2) is 0 Å². The molecule has 0 aliphatic heterocycles. The van der Waals surface area contributed by atoms with E-state index in [1.54, 1.807) is 19.2 Å². The normalized spacial score (nSPS) is 10.2. The van der Waals surface area contributed by atoms with Crippen LogP contribution in [-0.4, -0.2) is 26.1 Å². The van der Waals surface area contributed by atoms with E-state index in [2.05, 4.69) is 16.7 Å². The Morgan fingerprint density at radius 3 is 2.75 bits per heavy atom. The molecule has 0 fully saturated rings. The van der Waals surface area contributed by atoms with Crippen molar-refractivity contribution in [1.82, 2.24) is 10.6 Å². The van der Waals surface area contributed by atoms with Crippen molar-refractivity contribution in [3.05, 3.63) is 29.3 Å². The summed E-state index contributed by atoms with van der Waals surface area (Å²) in [5.74, 6) is 0.651. The standard InChI is InChI=1S/C15H21N3O2/c1-11(2)15(19)18-7-6-17-10-12-4-5-14(20-3)13(8-12)9-16/h4-5,8,11,17H,6-7,10H2,1-3H3,(H,18,19). The molecule has 1 aromatic rings. The van der Waals surface area contributed by atoms with Crippen LogP contribution in [0.3, 0.4) is 0 Å². The third-order valence-electron chi connectivity index (χ3n) is 2.84. The second-order valence-corrected chi connectivity index (χ2v) is 4.77. The van der Waals surface area contributed by atoms with Gasteiger partial charge in [-0.2, -0.15) is 5.26 Å². The molecule has 1 rings (SSSR count). The highest BCUT2D eigenvalue weighted by molar-refractivity contribution is 5.77. The number of amides is 1. The molecule has 5 nitrogen and oxygen atoms in total. The lowest BCUT2D eigenvalue weighted by Crippen LogP contribution is -2.34. The molecule has 5 heteroatoms. The number of hydrogen-bond acceptors (Lipinski definition) is 4. The van der Waals surface area contributed by atoms with E-state index in [9.17, 15) is 4.79 Å². The fraction of sp³-hybridized carbons (Fsp3) is 0.467. The molecule has 0 atom stereocenters. The van der Waals surface area contributed by atoms with Gasteiger partial charge in [0.25, 0.3) is 0 Å².